The standard InChI is InChI=1S/C11H13N3/c1-9-4-3-5-11(6-9)7-13-10(2)14-8-12/h3-6H,7H2,1-2H3,(H,13,14). The van der Waals surface area contributed by atoms with Gasteiger partial charge in [-0.1, -0.05) is 29.8 Å². The normalized spacial score (nSPS) is 10.8. The average molecular weight is 187 g/mol. The Morgan fingerprint density at radius 3 is 3.00 bits per heavy atom. The average Bonchev–Trinajstić information content (AvgIpc) is 2.15. The minimum absolute atomic E-state index is 0.613. The van der Waals surface area contributed by atoms with E-state index >= 15 is 0 Å². The lowest BCUT2D eigenvalue weighted by Crippen LogP contribution is -2.13. The number of benzene rings is 1. The van der Waals surface area contributed by atoms with E-state index in [1.807, 2.05) is 31.3 Å². The van der Waals surface area contributed by atoms with Crippen LogP contribution in [0.3, 0.4) is 0 Å². The van der Waals surface area contributed by atoms with E-state index in [0.717, 1.165) is 5.56 Å². The third kappa shape index (κ3) is 3.28. The number of hydrogen-bond acceptors (Lipinski definition) is 2. The van der Waals surface area contributed by atoms with Gasteiger partial charge in [0.1, 0.15) is 5.84 Å². The molecule has 1 aromatic carbocycles. The van der Waals surface area contributed by atoms with Gasteiger partial charge in [0.05, 0.1) is 6.54 Å². The van der Waals surface area contributed by atoms with Gasteiger partial charge < -0.3 is 0 Å². The first-order valence-corrected chi connectivity index (χ1v) is 4.44. The van der Waals surface area contributed by atoms with E-state index in [-0.39, 0.29) is 0 Å². The highest BCUT2D eigenvalue weighted by Gasteiger charge is 1.92. The summed E-state index contributed by atoms with van der Waals surface area (Å²) < 4.78 is 0. The molecule has 0 amide bonds. The van der Waals surface area contributed by atoms with Crippen molar-refractivity contribution in [2.24, 2.45) is 4.99 Å². The maximum Gasteiger partial charge on any atom is 0.182 e. The van der Waals surface area contributed by atoms with Crippen molar-refractivity contribution in [3.8, 4) is 6.19 Å². The molecular weight excluding hydrogens is 174 g/mol. The topological polar surface area (TPSA) is 48.2 Å². The molecule has 0 unspecified atom stereocenters. The molecule has 0 atom stereocenters. The molecule has 1 N–H and O–H groups in total. The van der Waals surface area contributed by atoms with Crippen LogP contribution < -0.4 is 5.32 Å². The van der Waals surface area contributed by atoms with Crippen LogP contribution in [0.15, 0.2) is 29.3 Å². The fourth-order valence-electron chi connectivity index (χ4n) is 1.14. The zero-order valence-electron chi connectivity index (χ0n) is 8.41. The summed E-state index contributed by atoms with van der Waals surface area (Å²) in [7, 11) is 0. The van der Waals surface area contributed by atoms with E-state index < -0.39 is 0 Å². The van der Waals surface area contributed by atoms with Crippen molar-refractivity contribution < 1.29 is 0 Å². The molecule has 0 saturated heterocycles. The first-order valence-electron chi connectivity index (χ1n) is 4.44. The summed E-state index contributed by atoms with van der Waals surface area (Å²) in [5.74, 6) is 0.647. The molecule has 0 bridgehead atoms. The molecular formula is C11H13N3. The van der Waals surface area contributed by atoms with Crippen LogP contribution in [-0.4, -0.2) is 5.84 Å². The van der Waals surface area contributed by atoms with Crippen molar-refractivity contribution in [3.63, 3.8) is 0 Å². The largest absolute Gasteiger partial charge is 0.281 e. The molecule has 3 heteroatoms. The molecule has 0 fully saturated rings. The second kappa shape index (κ2) is 5.03. The van der Waals surface area contributed by atoms with E-state index in [9.17, 15) is 0 Å². The van der Waals surface area contributed by atoms with Crippen LogP contribution in [0.1, 0.15) is 18.1 Å². The predicted molar refractivity (Wildman–Crippen MR) is 56.7 cm³/mol. The van der Waals surface area contributed by atoms with Crippen LogP contribution in [0.5, 0.6) is 0 Å². The molecule has 0 radical (unpaired) electrons. The molecule has 0 aromatic heterocycles. The Balaban J connectivity index is 2.62. The van der Waals surface area contributed by atoms with Gasteiger partial charge in [0, 0.05) is 0 Å². The van der Waals surface area contributed by atoms with Crippen molar-refractivity contribution in [3.05, 3.63) is 35.4 Å². The van der Waals surface area contributed by atoms with E-state index in [1.54, 1.807) is 6.92 Å². The molecule has 0 aliphatic carbocycles. The minimum atomic E-state index is 0.613. The monoisotopic (exact) mass is 187 g/mol. The van der Waals surface area contributed by atoms with Gasteiger partial charge in [0.15, 0.2) is 6.19 Å². The lowest BCUT2D eigenvalue weighted by Gasteiger charge is -1.99. The molecule has 0 aliphatic heterocycles. The predicted octanol–water partition coefficient (Wildman–Crippen LogP) is 1.98. The van der Waals surface area contributed by atoms with Crippen LogP contribution in [0.25, 0.3) is 0 Å². The molecule has 0 saturated carbocycles. The number of aryl methyl sites for hydroxylation is 1. The SMILES string of the molecule is CC(=NCc1cccc(C)c1)NC#N. The zero-order chi connectivity index (χ0) is 10.4. The summed E-state index contributed by atoms with van der Waals surface area (Å²) in [4.78, 5) is 4.21. The first-order chi connectivity index (χ1) is 6.72. The van der Waals surface area contributed by atoms with E-state index in [2.05, 4.69) is 16.4 Å². The molecule has 3 nitrogen and oxygen atoms in total. The maximum absolute atomic E-state index is 8.34. The summed E-state index contributed by atoms with van der Waals surface area (Å²) >= 11 is 0. The summed E-state index contributed by atoms with van der Waals surface area (Å²) in [5.41, 5.74) is 2.38. The third-order valence-corrected chi connectivity index (χ3v) is 1.82. The molecule has 1 rings (SSSR count). The maximum atomic E-state index is 8.34. The number of amidine groups is 1. The van der Waals surface area contributed by atoms with Gasteiger partial charge in [0.2, 0.25) is 0 Å². The molecule has 72 valence electrons. The molecule has 0 heterocycles. The van der Waals surface area contributed by atoms with Crippen LogP contribution in [0, 0.1) is 18.4 Å². The highest BCUT2D eigenvalue weighted by Crippen LogP contribution is 2.04. The minimum Gasteiger partial charge on any atom is -0.281 e. The highest BCUT2D eigenvalue weighted by atomic mass is 15.0. The van der Waals surface area contributed by atoms with Gasteiger partial charge in [-0.2, -0.15) is 5.26 Å². The van der Waals surface area contributed by atoms with Crippen molar-refractivity contribution in [2.75, 3.05) is 0 Å². The van der Waals surface area contributed by atoms with Crippen LogP contribution in [-0.2, 0) is 6.54 Å². The lowest BCUT2D eigenvalue weighted by molar-refractivity contribution is 1.03. The smallest absolute Gasteiger partial charge is 0.182 e. The molecule has 0 aliphatic rings. The lowest BCUT2D eigenvalue weighted by atomic mass is 10.1. The Morgan fingerprint density at radius 1 is 1.57 bits per heavy atom. The Hall–Kier alpha value is -1.82. The summed E-state index contributed by atoms with van der Waals surface area (Å²) in [5, 5.41) is 10.8. The van der Waals surface area contributed by atoms with E-state index in [4.69, 9.17) is 5.26 Å². The van der Waals surface area contributed by atoms with Crippen molar-refractivity contribution >= 4 is 5.84 Å². The van der Waals surface area contributed by atoms with Crippen molar-refractivity contribution in [1.82, 2.24) is 5.32 Å². The van der Waals surface area contributed by atoms with Crippen LogP contribution >= 0.6 is 0 Å². The summed E-state index contributed by atoms with van der Waals surface area (Å²) in [6.07, 6.45) is 1.83. The van der Waals surface area contributed by atoms with Gasteiger partial charge >= 0.3 is 0 Å². The van der Waals surface area contributed by atoms with E-state index in [1.165, 1.54) is 5.56 Å². The van der Waals surface area contributed by atoms with Crippen LogP contribution in [0.2, 0.25) is 0 Å². The van der Waals surface area contributed by atoms with Gasteiger partial charge in [-0.05, 0) is 19.4 Å². The van der Waals surface area contributed by atoms with Gasteiger partial charge in [-0.3, -0.25) is 10.3 Å². The Morgan fingerprint density at radius 2 is 2.36 bits per heavy atom. The van der Waals surface area contributed by atoms with Gasteiger partial charge in [-0.15, -0.1) is 0 Å². The number of hydrogen-bond donors (Lipinski definition) is 1. The van der Waals surface area contributed by atoms with Crippen molar-refractivity contribution in [2.45, 2.75) is 20.4 Å². The number of nitrogens with zero attached hydrogens (tertiary/aromatic N) is 2. The summed E-state index contributed by atoms with van der Waals surface area (Å²) in [6.45, 7) is 4.44. The van der Waals surface area contributed by atoms with Crippen molar-refractivity contribution in [1.29, 1.82) is 5.26 Å². The Kier molecular flexibility index (Phi) is 3.69. The number of nitriles is 1. The zero-order valence-corrected chi connectivity index (χ0v) is 8.41. The molecule has 0 spiro atoms. The quantitative estimate of drug-likeness (QED) is 0.333. The Labute approximate surface area is 84.1 Å². The molecule has 14 heavy (non-hydrogen) atoms. The second-order valence-electron chi connectivity index (χ2n) is 3.13. The fraction of sp³-hybridized carbons (Fsp3) is 0.273. The fourth-order valence-corrected chi connectivity index (χ4v) is 1.14. The Bertz CT molecular complexity index is 374. The molecule has 1 aromatic rings. The highest BCUT2D eigenvalue weighted by molar-refractivity contribution is 5.80. The first kappa shape index (κ1) is 10.3. The number of aliphatic imine (C=N–C) groups is 1. The second-order valence-corrected chi connectivity index (χ2v) is 3.13. The number of rotatable bonds is 2. The third-order valence-electron chi connectivity index (χ3n) is 1.82. The van der Waals surface area contributed by atoms with Crippen LogP contribution in [0.4, 0.5) is 0 Å². The number of nitrogens with one attached hydrogen (secondary N) is 1. The summed E-state index contributed by atoms with van der Waals surface area (Å²) in [6, 6.07) is 8.17. The van der Waals surface area contributed by atoms with Gasteiger partial charge in [-0.25, -0.2) is 0 Å². The van der Waals surface area contributed by atoms with Gasteiger partial charge in [0.25, 0.3) is 0 Å². The van der Waals surface area contributed by atoms with E-state index in [0.29, 0.717) is 12.4 Å².